The molecule has 1 atom stereocenters. The van der Waals surface area contributed by atoms with Crippen LogP contribution in [0.4, 0.5) is 0 Å². The number of carbonyl (C=O) groups is 1. The highest BCUT2D eigenvalue weighted by Gasteiger charge is 2.22. The highest BCUT2D eigenvalue weighted by Crippen LogP contribution is 2.22. The fourth-order valence-electron chi connectivity index (χ4n) is 1.30. The minimum absolute atomic E-state index is 0.227. The SMILES string of the molecule is CC(C(=O)OC(C)(C)C)c1cccc(Cl)c1. The van der Waals surface area contributed by atoms with Crippen LogP contribution >= 0.6 is 11.6 Å². The third-order valence-electron chi connectivity index (χ3n) is 2.11. The van der Waals surface area contributed by atoms with Crippen LogP contribution in [0.5, 0.6) is 0 Å². The number of carbonyl (C=O) groups excluding carboxylic acids is 1. The number of rotatable bonds is 2. The Hall–Kier alpha value is -1.02. The molecule has 0 N–H and O–H groups in total. The number of hydrogen-bond acceptors (Lipinski definition) is 2. The molecule has 88 valence electrons. The molecule has 0 radical (unpaired) electrons. The van der Waals surface area contributed by atoms with Crippen molar-refractivity contribution in [1.82, 2.24) is 0 Å². The molecular formula is C13H17ClO2. The van der Waals surface area contributed by atoms with Crippen molar-refractivity contribution in [1.29, 1.82) is 0 Å². The number of halogens is 1. The van der Waals surface area contributed by atoms with Crippen molar-refractivity contribution in [3.8, 4) is 0 Å². The lowest BCUT2D eigenvalue weighted by molar-refractivity contribution is -0.156. The quantitative estimate of drug-likeness (QED) is 0.736. The lowest BCUT2D eigenvalue weighted by atomic mass is 10.0. The van der Waals surface area contributed by atoms with Crippen LogP contribution < -0.4 is 0 Å². The maximum atomic E-state index is 11.8. The molecule has 1 rings (SSSR count). The second-order valence-electron chi connectivity index (χ2n) is 4.81. The first-order valence-electron chi connectivity index (χ1n) is 5.28. The van der Waals surface area contributed by atoms with Crippen molar-refractivity contribution in [2.45, 2.75) is 39.2 Å². The van der Waals surface area contributed by atoms with E-state index in [2.05, 4.69) is 0 Å². The zero-order valence-electron chi connectivity index (χ0n) is 10.1. The molecule has 2 nitrogen and oxygen atoms in total. The third kappa shape index (κ3) is 3.86. The summed E-state index contributed by atoms with van der Waals surface area (Å²) in [6.45, 7) is 7.39. The molecule has 0 amide bonds. The Morgan fingerprint density at radius 3 is 2.50 bits per heavy atom. The van der Waals surface area contributed by atoms with Crippen molar-refractivity contribution in [3.63, 3.8) is 0 Å². The number of hydrogen-bond donors (Lipinski definition) is 0. The molecule has 0 aliphatic carbocycles. The summed E-state index contributed by atoms with van der Waals surface area (Å²) < 4.78 is 5.31. The third-order valence-corrected chi connectivity index (χ3v) is 2.34. The summed E-state index contributed by atoms with van der Waals surface area (Å²) in [5, 5.41) is 0.632. The van der Waals surface area contributed by atoms with E-state index in [4.69, 9.17) is 16.3 Å². The highest BCUT2D eigenvalue weighted by atomic mass is 35.5. The maximum Gasteiger partial charge on any atom is 0.313 e. The zero-order chi connectivity index (χ0) is 12.3. The van der Waals surface area contributed by atoms with Gasteiger partial charge in [0.1, 0.15) is 5.60 Å². The van der Waals surface area contributed by atoms with Gasteiger partial charge < -0.3 is 4.74 Å². The van der Waals surface area contributed by atoms with Gasteiger partial charge in [0.25, 0.3) is 0 Å². The highest BCUT2D eigenvalue weighted by molar-refractivity contribution is 6.30. The van der Waals surface area contributed by atoms with Gasteiger partial charge in [0, 0.05) is 5.02 Å². The second-order valence-corrected chi connectivity index (χ2v) is 5.25. The molecule has 16 heavy (non-hydrogen) atoms. The van der Waals surface area contributed by atoms with Gasteiger partial charge in [-0.05, 0) is 45.4 Å². The van der Waals surface area contributed by atoms with Gasteiger partial charge in [-0.1, -0.05) is 23.7 Å². The maximum absolute atomic E-state index is 11.8. The van der Waals surface area contributed by atoms with Gasteiger partial charge in [-0.25, -0.2) is 0 Å². The van der Waals surface area contributed by atoms with Crippen molar-refractivity contribution >= 4 is 17.6 Å². The van der Waals surface area contributed by atoms with Crippen molar-refractivity contribution < 1.29 is 9.53 Å². The predicted octanol–water partition coefficient (Wildman–Crippen LogP) is 3.79. The summed E-state index contributed by atoms with van der Waals surface area (Å²) in [5.41, 5.74) is 0.422. The van der Waals surface area contributed by atoms with Gasteiger partial charge in [0.15, 0.2) is 0 Å². The van der Waals surface area contributed by atoms with E-state index >= 15 is 0 Å². The zero-order valence-corrected chi connectivity index (χ0v) is 10.8. The lowest BCUT2D eigenvalue weighted by Crippen LogP contribution is -2.26. The summed E-state index contributed by atoms with van der Waals surface area (Å²) in [4.78, 5) is 11.8. The number of esters is 1. The van der Waals surface area contributed by atoms with Crippen LogP contribution in [0, 0.1) is 0 Å². The molecule has 0 saturated heterocycles. The van der Waals surface area contributed by atoms with E-state index in [0.29, 0.717) is 5.02 Å². The van der Waals surface area contributed by atoms with Gasteiger partial charge in [0.05, 0.1) is 5.92 Å². The first-order valence-corrected chi connectivity index (χ1v) is 5.66. The Bertz CT molecular complexity index is 380. The molecule has 1 unspecified atom stereocenters. The molecule has 0 aliphatic rings. The van der Waals surface area contributed by atoms with Gasteiger partial charge in [0.2, 0.25) is 0 Å². The molecular weight excluding hydrogens is 224 g/mol. The largest absolute Gasteiger partial charge is 0.460 e. The van der Waals surface area contributed by atoms with Crippen LogP contribution in [0.1, 0.15) is 39.2 Å². The molecule has 3 heteroatoms. The summed E-state index contributed by atoms with van der Waals surface area (Å²) in [6.07, 6.45) is 0. The van der Waals surface area contributed by atoms with Crippen LogP contribution in [-0.2, 0) is 9.53 Å². The van der Waals surface area contributed by atoms with E-state index in [1.54, 1.807) is 12.1 Å². The monoisotopic (exact) mass is 240 g/mol. The van der Waals surface area contributed by atoms with E-state index < -0.39 is 5.60 Å². The predicted molar refractivity (Wildman–Crippen MR) is 65.7 cm³/mol. The minimum atomic E-state index is -0.454. The molecule has 1 aromatic rings. The molecule has 0 fully saturated rings. The van der Waals surface area contributed by atoms with Crippen LogP contribution in [0.15, 0.2) is 24.3 Å². The standard InChI is InChI=1S/C13H17ClO2/c1-9(12(15)16-13(2,3)4)10-6-5-7-11(14)8-10/h5-9H,1-4H3. The first-order chi connectivity index (χ1) is 7.29. The van der Waals surface area contributed by atoms with Gasteiger partial charge >= 0.3 is 5.97 Å². The summed E-state index contributed by atoms with van der Waals surface area (Å²) >= 11 is 5.87. The van der Waals surface area contributed by atoms with Crippen molar-refractivity contribution in [3.05, 3.63) is 34.9 Å². The average molecular weight is 241 g/mol. The number of benzene rings is 1. The van der Waals surface area contributed by atoms with E-state index in [-0.39, 0.29) is 11.9 Å². The van der Waals surface area contributed by atoms with Crippen LogP contribution in [0.3, 0.4) is 0 Å². The minimum Gasteiger partial charge on any atom is -0.460 e. The Morgan fingerprint density at radius 2 is 2.00 bits per heavy atom. The van der Waals surface area contributed by atoms with Crippen LogP contribution in [0.25, 0.3) is 0 Å². The lowest BCUT2D eigenvalue weighted by Gasteiger charge is -2.22. The first kappa shape index (κ1) is 13.0. The summed E-state index contributed by atoms with van der Waals surface area (Å²) in [6, 6.07) is 7.28. The van der Waals surface area contributed by atoms with Crippen molar-refractivity contribution in [2.75, 3.05) is 0 Å². The smallest absolute Gasteiger partial charge is 0.313 e. The molecule has 0 heterocycles. The molecule has 1 aromatic carbocycles. The summed E-state index contributed by atoms with van der Waals surface area (Å²) in [5.74, 6) is -0.521. The second kappa shape index (κ2) is 4.88. The molecule has 0 bridgehead atoms. The van der Waals surface area contributed by atoms with Gasteiger partial charge in [-0.15, -0.1) is 0 Å². The summed E-state index contributed by atoms with van der Waals surface area (Å²) in [7, 11) is 0. The van der Waals surface area contributed by atoms with Crippen LogP contribution in [0.2, 0.25) is 5.02 Å². The van der Waals surface area contributed by atoms with Crippen LogP contribution in [-0.4, -0.2) is 11.6 Å². The number of ether oxygens (including phenoxy) is 1. The van der Waals surface area contributed by atoms with Gasteiger partial charge in [-0.3, -0.25) is 4.79 Å². The Labute approximate surface area is 102 Å². The Morgan fingerprint density at radius 1 is 1.38 bits per heavy atom. The molecule has 0 aromatic heterocycles. The van der Waals surface area contributed by atoms with Crippen molar-refractivity contribution in [2.24, 2.45) is 0 Å². The van der Waals surface area contributed by atoms with E-state index in [0.717, 1.165) is 5.56 Å². The van der Waals surface area contributed by atoms with Gasteiger partial charge in [-0.2, -0.15) is 0 Å². The Balaban J connectivity index is 2.78. The van der Waals surface area contributed by atoms with E-state index in [1.165, 1.54) is 0 Å². The molecule has 0 saturated carbocycles. The Kier molecular flexibility index (Phi) is 3.98. The fourth-order valence-corrected chi connectivity index (χ4v) is 1.50. The van der Waals surface area contributed by atoms with E-state index in [9.17, 15) is 4.79 Å². The topological polar surface area (TPSA) is 26.3 Å². The fraction of sp³-hybridized carbons (Fsp3) is 0.462. The normalized spacial score (nSPS) is 13.3. The van der Waals surface area contributed by atoms with E-state index in [1.807, 2.05) is 39.8 Å². The molecule has 0 aliphatic heterocycles. The average Bonchev–Trinajstić information content (AvgIpc) is 2.14. The molecule has 0 spiro atoms.